The van der Waals surface area contributed by atoms with Gasteiger partial charge in [-0.1, -0.05) is 60.2 Å². The van der Waals surface area contributed by atoms with Gasteiger partial charge in [0.25, 0.3) is 5.91 Å². The van der Waals surface area contributed by atoms with Crippen molar-refractivity contribution < 1.29 is 9.21 Å². The highest BCUT2D eigenvalue weighted by atomic mass is 16.4. The number of benzene rings is 2. The van der Waals surface area contributed by atoms with E-state index in [9.17, 15) is 4.79 Å². The zero-order chi connectivity index (χ0) is 23.7. The summed E-state index contributed by atoms with van der Waals surface area (Å²) < 4.78 is 5.90. The summed E-state index contributed by atoms with van der Waals surface area (Å²) in [5, 5.41) is 0. The Hall–Kier alpha value is -2.89. The fourth-order valence-electron chi connectivity index (χ4n) is 5.74. The second-order valence-electron chi connectivity index (χ2n) is 10.2. The Kier molecular flexibility index (Phi) is 6.57. The van der Waals surface area contributed by atoms with Crippen molar-refractivity contribution in [2.24, 2.45) is 5.92 Å². The molecule has 5 rings (SSSR count). The van der Waals surface area contributed by atoms with Gasteiger partial charge in [0.05, 0.1) is 6.54 Å². The molecule has 5 heteroatoms. The van der Waals surface area contributed by atoms with E-state index in [1.807, 2.05) is 36.0 Å². The van der Waals surface area contributed by atoms with Crippen molar-refractivity contribution in [2.75, 3.05) is 33.7 Å². The van der Waals surface area contributed by atoms with Crippen LogP contribution >= 0.6 is 0 Å². The van der Waals surface area contributed by atoms with Crippen LogP contribution in [0.3, 0.4) is 0 Å². The molecular formula is C29H35N3O2. The summed E-state index contributed by atoms with van der Waals surface area (Å²) in [6.07, 6.45) is 0.997. The summed E-state index contributed by atoms with van der Waals surface area (Å²) in [6, 6.07) is 24.0. The monoisotopic (exact) mass is 457 g/mol. The summed E-state index contributed by atoms with van der Waals surface area (Å²) in [5.41, 5.74) is 4.02. The number of carbonyl (C=O) groups excluding carboxylic acids is 1. The van der Waals surface area contributed by atoms with Gasteiger partial charge >= 0.3 is 0 Å². The van der Waals surface area contributed by atoms with Gasteiger partial charge in [0.1, 0.15) is 5.76 Å². The number of aryl methyl sites for hydroxylation is 1. The fourth-order valence-corrected chi connectivity index (χ4v) is 5.74. The number of likely N-dealkylation sites (tertiary alicyclic amines) is 2. The van der Waals surface area contributed by atoms with Crippen LogP contribution in [0.5, 0.6) is 0 Å². The SMILES string of the molecule is Cc1ccc([C@H]2CN(Cc3ccccc3)[C@@H]3CCN(C(=O)c4ccc(CN(C)C)o4)C[C@H]23)cc1. The van der Waals surface area contributed by atoms with E-state index >= 15 is 0 Å². The molecule has 0 saturated carbocycles. The van der Waals surface area contributed by atoms with Crippen molar-refractivity contribution in [3.05, 3.63) is 94.9 Å². The summed E-state index contributed by atoms with van der Waals surface area (Å²) >= 11 is 0. The number of nitrogens with zero attached hydrogens (tertiary/aromatic N) is 3. The molecule has 178 valence electrons. The lowest BCUT2D eigenvalue weighted by Crippen LogP contribution is -2.48. The number of rotatable bonds is 6. The Morgan fingerprint density at radius 3 is 2.50 bits per heavy atom. The minimum absolute atomic E-state index is 0.0209. The third-order valence-electron chi connectivity index (χ3n) is 7.40. The largest absolute Gasteiger partial charge is 0.455 e. The van der Waals surface area contributed by atoms with Crippen molar-refractivity contribution >= 4 is 5.91 Å². The zero-order valence-corrected chi connectivity index (χ0v) is 20.5. The first-order chi connectivity index (χ1) is 16.5. The minimum Gasteiger partial charge on any atom is -0.455 e. The van der Waals surface area contributed by atoms with E-state index in [-0.39, 0.29) is 5.91 Å². The van der Waals surface area contributed by atoms with Gasteiger partial charge in [0, 0.05) is 44.1 Å². The van der Waals surface area contributed by atoms with Crippen molar-refractivity contribution in [1.82, 2.24) is 14.7 Å². The number of hydrogen-bond donors (Lipinski definition) is 0. The van der Waals surface area contributed by atoms with Crippen LogP contribution in [0.2, 0.25) is 0 Å². The molecule has 0 aliphatic carbocycles. The average Bonchev–Trinajstić information content (AvgIpc) is 3.44. The molecule has 1 aromatic heterocycles. The van der Waals surface area contributed by atoms with Crippen molar-refractivity contribution in [1.29, 1.82) is 0 Å². The highest BCUT2D eigenvalue weighted by molar-refractivity contribution is 5.91. The minimum atomic E-state index is 0.0209. The number of furan rings is 1. The summed E-state index contributed by atoms with van der Waals surface area (Å²) in [4.78, 5) is 20.1. The fraction of sp³-hybridized carbons (Fsp3) is 0.414. The molecule has 2 aliphatic rings. The van der Waals surface area contributed by atoms with Crippen LogP contribution in [0.15, 0.2) is 71.1 Å². The van der Waals surface area contributed by atoms with Crippen LogP contribution in [0.4, 0.5) is 0 Å². The van der Waals surface area contributed by atoms with Gasteiger partial charge in [0.2, 0.25) is 0 Å². The predicted octanol–water partition coefficient (Wildman–Crippen LogP) is 4.78. The maximum atomic E-state index is 13.4. The molecule has 0 bridgehead atoms. The van der Waals surface area contributed by atoms with E-state index in [2.05, 4.69) is 66.4 Å². The van der Waals surface area contributed by atoms with Crippen LogP contribution < -0.4 is 0 Å². The van der Waals surface area contributed by atoms with Gasteiger partial charge in [0.15, 0.2) is 5.76 Å². The molecule has 3 heterocycles. The zero-order valence-electron chi connectivity index (χ0n) is 20.5. The first kappa shape index (κ1) is 22.9. The first-order valence-electron chi connectivity index (χ1n) is 12.3. The molecule has 0 spiro atoms. The highest BCUT2D eigenvalue weighted by Crippen LogP contribution is 2.42. The van der Waals surface area contributed by atoms with E-state index in [1.54, 1.807) is 0 Å². The van der Waals surface area contributed by atoms with Gasteiger partial charge in [-0.25, -0.2) is 0 Å². The number of fused-ring (bicyclic) bond motifs is 1. The lowest BCUT2D eigenvalue weighted by Gasteiger charge is -2.39. The topological polar surface area (TPSA) is 39.9 Å². The molecule has 2 saturated heterocycles. The number of amides is 1. The molecule has 3 aromatic rings. The van der Waals surface area contributed by atoms with Crippen LogP contribution in [-0.4, -0.2) is 60.4 Å². The normalized spacial score (nSPS) is 22.8. The van der Waals surface area contributed by atoms with Gasteiger partial charge in [-0.3, -0.25) is 9.69 Å². The van der Waals surface area contributed by atoms with Crippen LogP contribution in [0, 0.1) is 12.8 Å². The van der Waals surface area contributed by atoms with E-state index in [4.69, 9.17) is 4.42 Å². The molecule has 0 N–H and O–H groups in total. The molecule has 0 radical (unpaired) electrons. The van der Waals surface area contributed by atoms with E-state index < -0.39 is 0 Å². The second-order valence-corrected chi connectivity index (χ2v) is 10.2. The smallest absolute Gasteiger partial charge is 0.289 e. The lowest BCUT2D eigenvalue weighted by molar-refractivity contribution is 0.0551. The Balaban J connectivity index is 1.36. The van der Waals surface area contributed by atoms with Crippen molar-refractivity contribution in [2.45, 2.75) is 38.4 Å². The van der Waals surface area contributed by atoms with Crippen LogP contribution in [-0.2, 0) is 13.1 Å². The number of carbonyl (C=O) groups is 1. The standard InChI is InChI=1S/C29H35N3O2/c1-21-9-11-23(12-10-21)25-19-32(17-22-7-5-4-6-8-22)27-15-16-31(20-26(25)27)29(33)28-14-13-24(34-28)18-30(2)3/h4-14,25-27H,15-20H2,1-3H3/t25-,26-,27-/m1/s1. The van der Waals surface area contributed by atoms with Crippen LogP contribution in [0.1, 0.15) is 45.3 Å². The molecule has 3 atom stereocenters. The van der Waals surface area contributed by atoms with E-state index in [0.29, 0.717) is 30.2 Å². The Morgan fingerprint density at radius 2 is 1.76 bits per heavy atom. The number of hydrogen-bond acceptors (Lipinski definition) is 4. The van der Waals surface area contributed by atoms with Crippen molar-refractivity contribution in [3.8, 4) is 0 Å². The molecule has 5 nitrogen and oxygen atoms in total. The van der Waals surface area contributed by atoms with Gasteiger partial charge in [-0.05, 0) is 50.7 Å². The third kappa shape index (κ3) is 4.82. The van der Waals surface area contributed by atoms with Crippen molar-refractivity contribution in [3.63, 3.8) is 0 Å². The van der Waals surface area contributed by atoms with Gasteiger partial charge in [-0.15, -0.1) is 0 Å². The maximum Gasteiger partial charge on any atom is 0.289 e. The van der Waals surface area contributed by atoms with Crippen LogP contribution in [0.25, 0.3) is 0 Å². The molecule has 2 aromatic carbocycles. The van der Waals surface area contributed by atoms with E-state index in [0.717, 1.165) is 38.4 Å². The molecular weight excluding hydrogens is 422 g/mol. The maximum absolute atomic E-state index is 13.4. The average molecular weight is 458 g/mol. The predicted molar refractivity (Wildman–Crippen MR) is 135 cm³/mol. The molecule has 1 amide bonds. The highest BCUT2D eigenvalue weighted by Gasteiger charge is 2.46. The summed E-state index contributed by atoms with van der Waals surface area (Å²) in [7, 11) is 4.00. The number of piperidine rings is 1. The molecule has 2 aliphatic heterocycles. The summed E-state index contributed by atoms with van der Waals surface area (Å²) in [5.74, 6) is 2.15. The van der Waals surface area contributed by atoms with Gasteiger partial charge < -0.3 is 14.2 Å². The summed E-state index contributed by atoms with van der Waals surface area (Å²) in [6.45, 7) is 6.37. The first-order valence-corrected chi connectivity index (χ1v) is 12.3. The Labute approximate surface area is 203 Å². The van der Waals surface area contributed by atoms with Gasteiger partial charge in [-0.2, -0.15) is 0 Å². The molecule has 0 unspecified atom stereocenters. The molecule has 2 fully saturated rings. The molecule has 34 heavy (non-hydrogen) atoms. The second kappa shape index (κ2) is 9.77. The Bertz CT molecular complexity index is 1110. The van der Waals surface area contributed by atoms with E-state index in [1.165, 1.54) is 16.7 Å². The quantitative estimate of drug-likeness (QED) is 0.534. The third-order valence-corrected chi connectivity index (χ3v) is 7.40. The Morgan fingerprint density at radius 1 is 1.00 bits per heavy atom. The lowest BCUT2D eigenvalue weighted by atomic mass is 9.81.